The molecular weight excluding hydrogens is 266 g/mol. The lowest BCUT2D eigenvalue weighted by molar-refractivity contribution is -0.117. The number of carbonyl (C=O) groups is 2. The topological polar surface area (TPSA) is 99.8 Å². The molecule has 8 heteroatoms. The molecule has 2 aliphatic rings. The first kappa shape index (κ1) is 12.5. The minimum atomic E-state index is -0.415. The van der Waals surface area contributed by atoms with Crippen molar-refractivity contribution in [1.82, 2.24) is 25.8 Å². The summed E-state index contributed by atoms with van der Waals surface area (Å²) in [6, 6.07) is -0.170. The van der Waals surface area contributed by atoms with Gasteiger partial charge in [0.15, 0.2) is 0 Å². The molecule has 0 radical (unpaired) electrons. The summed E-state index contributed by atoms with van der Waals surface area (Å²) in [5.74, 6) is 1.22. The van der Waals surface area contributed by atoms with Crippen molar-refractivity contribution in [2.75, 3.05) is 5.75 Å². The second-order valence-corrected chi connectivity index (χ2v) is 5.80. The quantitative estimate of drug-likeness (QED) is 0.692. The molecule has 0 spiro atoms. The van der Waals surface area contributed by atoms with Gasteiger partial charge in [-0.25, -0.2) is 9.78 Å². The number of hydrogen-bond acceptors (Lipinski definition) is 5. The fourth-order valence-electron chi connectivity index (χ4n) is 1.60. The molecule has 1 aromatic heterocycles. The first-order valence-corrected chi connectivity index (χ1v) is 7.34. The number of nitrogens with one attached hydrogen (secondary N) is 3. The van der Waals surface area contributed by atoms with Gasteiger partial charge in [-0.2, -0.15) is 0 Å². The maximum absolute atomic E-state index is 11.5. The third kappa shape index (κ3) is 3.69. The number of aromatic amines is 1. The van der Waals surface area contributed by atoms with Crippen LogP contribution in [-0.2, 0) is 4.79 Å². The molecule has 0 unspecified atom stereocenters. The van der Waals surface area contributed by atoms with Crippen LogP contribution in [0.1, 0.15) is 37.4 Å². The van der Waals surface area contributed by atoms with Gasteiger partial charge in [0.25, 0.3) is 0 Å². The number of imide groups is 1. The standard InChI is InChI=1S/C11H15N5O2S/c17-8(13-10(18)12-7-3-4-7)5-19-11-14-9(15-16-11)6-1-2-6/h6-7H,1-5H2,(H,14,15,16)(H2,12,13,17,18). The van der Waals surface area contributed by atoms with Gasteiger partial charge in [-0.15, -0.1) is 5.10 Å². The SMILES string of the molecule is O=C(CSc1n[nH]c(C2CC2)n1)NC(=O)NC1CC1. The van der Waals surface area contributed by atoms with Crippen LogP contribution < -0.4 is 10.6 Å². The summed E-state index contributed by atoms with van der Waals surface area (Å²) in [6.45, 7) is 0. The predicted octanol–water partition coefficient (Wildman–Crippen LogP) is 0.762. The van der Waals surface area contributed by atoms with Crippen LogP contribution in [0.4, 0.5) is 4.79 Å². The van der Waals surface area contributed by atoms with Crippen LogP contribution in [0.5, 0.6) is 0 Å². The number of rotatable bonds is 5. The fourth-order valence-corrected chi connectivity index (χ4v) is 2.21. The maximum atomic E-state index is 11.5. The third-order valence-electron chi connectivity index (χ3n) is 2.94. The van der Waals surface area contributed by atoms with Crippen LogP contribution in [0, 0.1) is 0 Å². The van der Waals surface area contributed by atoms with Crippen LogP contribution in [0.25, 0.3) is 0 Å². The van der Waals surface area contributed by atoms with Crippen molar-refractivity contribution in [3.8, 4) is 0 Å². The van der Waals surface area contributed by atoms with E-state index >= 15 is 0 Å². The molecule has 3 rings (SSSR count). The summed E-state index contributed by atoms with van der Waals surface area (Å²) in [5.41, 5.74) is 0. The summed E-state index contributed by atoms with van der Waals surface area (Å²) >= 11 is 1.23. The number of urea groups is 1. The summed E-state index contributed by atoms with van der Waals surface area (Å²) in [7, 11) is 0. The van der Waals surface area contributed by atoms with Crippen molar-refractivity contribution < 1.29 is 9.59 Å². The molecular formula is C11H15N5O2S. The summed E-state index contributed by atoms with van der Waals surface area (Å²) in [4.78, 5) is 27.1. The van der Waals surface area contributed by atoms with E-state index in [1.807, 2.05) is 0 Å². The molecule has 3 N–H and O–H groups in total. The molecule has 0 aliphatic heterocycles. The second-order valence-electron chi connectivity index (χ2n) is 4.86. The van der Waals surface area contributed by atoms with Gasteiger partial charge in [0.2, 0.25) is 11.1 Å². The molecule has 2 aliphatic carbocycles. The van der Waals surface area contributed by atoms with Crippen molar-refractivity contribution in [2.24, 2.45) is 0 Å². The largest absolute Gasteiger partial charge is 0.335 e. The van der Waals surface area contributed by atoms with E-state index in [0.717, 1.165) is 31.5 Å². The lowest BCUT2D eigenvalue weighted by Crippen LogP contribution is -2.41. The van der Waals surface area contributed by atoms with Gasteiger partial charge in [-0.05, 0) is 25.7 Å². The molecule has 2 saturated carbocycles. The van der Waals surface area contributed by atoms with Gasteiger partial charge in [0.05, 0.1) is 5.75 Å². The minimum Gasteiger partial charge on any atom is -0.335 e. The fraction of sp³-hybridized carbons (Fsp3) is 0.636. The molecule has 0 atom stereocenters. The number of H-pyrrole nitrogens is 1. The Labute approximate surface area is 114 Å². The molecule has 1 heterocycles. The van der Waals surface area contributed by atoms with Gasteiger partial charge in [0.1, 0.15) is 5.82 Å². The van der Waals surface area contributed by atoms with Crippen LogP contribution in [0.15, 0.2) is 5.16 Å². The number of hydrogen-bond donors (Lipinski definition) is 3. The molecule has 0 saturated heterocycles. The average molecular weight is 281 g/mol. The van der Waals surface area contributed by atoms with E-state index in [1.54, 1.807) is 0 Å². The van der Waals surface area contributed by atoms with Gasteiger partial charge in [-0.3, -0.25) is 15.2 Å². The van der Waals surface area contributed by atoms with Crippen LogP contribution in [-0.4, -0.2) is 38.9 Å². The Kier molecular flexibility index (Phi) is 3.41. The van der Waals surface area contributed by atoms with Crippen molar-refractivity contribution in [2.45, 2.75) is 42.8 Å². The zero-order valence-corrected chi connectivity index (χ0v) is 11.1. The van der Waals surface area contributed by atoms with Crippen molar-refractivity contribution >= 4 is 23.7 Å². The molecule has 0 bridgehead atoms. The van der Waals surface area contributed by atoms with Gasteiger partial charge in [0, 0.05) is 12.0 Å². The number of amides is 3. The number of thioether (sulfide) groups is 1. The molecule has 3 amide bonds. The van der Waals surface area contributed by atoms with E-state index in [-0.39, 0.29) is 17.7 Å². The Hall–Kier alpha value is -1.57. The lowest BCUT2D eigenvalue weighted by Gasteiger charge is -2.03. The van der Waals surface area contributed by atoms with E-state index in [4.69, 9.17) is 0 Å². The van der Waals surface area contributed by atoms with E-state index in [9.17, 15) is 9.59 Å². The highest BCUT2D eigenvalue weighted by molar-refractivity contribution is 7.99. The normalized spacial score (nSPS) is 18.1. The highest BCUT2D eigenvalue weighted by Gasteiger charge is 2.27. The molecule has 1 aromatic rings. The first-order chi connectivity index (χ1) is 9.20. The van der Waals surface area contributed by atoms with Crippen molar-refractivity contribution in [3.63, 3.8) is 0 Å². The molecule has 7 nitrogen and oxygen atoms in total. The Morgan fingerprint density at radius 3 is 2.79 bits per heavy atom. The predicted molar refractivity (Wildman–Crippen MR) is 68.8 cm³/mol. The van der Waals surface area contributed by atoms with E-state index in [2.05, 4.69) is 25.8 Å². The average Bonchev–Trinajstić information content (AvgIpc) is 3.29. The van der Waals surface area contributed by atoms with Gasteiger partial charge in [-0.1, -0.05) is 11.8 Å². The van der Waals surface area contributed by atoms with E-state index in [0.29, 0.717) is 11.1 Å². The van der Waals surface area contributed by atoms with Crippen LogP contribution in [0.2, 0.25) is 0 Å². The first-order valence-electron chi connectivity index (χ1n) is 6.36. The van der Waals surface area contributed by atoms with Gasteiger partial charge >= 0.3 is 6.03 Å². The minimum absolute atomic E-state index is 0.139. The molecule has 0 aromatic carbocycles. The highest BCUT2D eigenvalue weighted by atomic mass is 32.2. The number of nitrogens with zero attached hydrogens (tertiary/aromatic N) is 2. The zero-order chi connectivity index (χ0) is 13.2. The van der Waals surface area contributed by atoms with Crippen molar-refractivity contribution in [1.29, 1.82) is 0 Å². The summed E-state index contributed by atoms with van der Waals surface area (Å²) in [6.07, 6.45) is 4.30. The Bertz CT molecular complexity index is 495. The third-order valence-corrected chi connectivity index (χ3v) is 3.79. The van der Waals surface area contributed by atoms with Crippen molar-refractivity contribution in [3.05, 3.63) is 5.82 Å². The highest BCUT2D eigenvalue weighted by Crippen LogP contribution is 2.38. The maximum Gasteiger partial charge on any atom is 0.321 e. The van der Waals surface area contributed by atoms with Gasteiger partial charge < -0.3 is 5.32 Å². The smallest absolute Gasteiger partial charge is 0.321 e. The van der Waals surface area contributed by atoms with E-state index < -0.39 is 6.03 Å². The summed E-state index contributed by atoms with van der Waals surface area (Å²) in [5, 5.41) is 12.4. The second kappa shape index (κ2) is 5.20. The van der Waals surface area contributed by atoms with E-state index in [1.165, 1.54) is 11.8 Å². The number of carbonyl (C=O) groups excluding carboxylic acids is 2. The molecule has 102 valence electrons. The van der Waals surface area contributed by atoms with Crippen LogP contribution in [0.3, 0.4) is 0 Å². The molecule has 2 fully saturated rings. The van der Waals surface area contributed by atoms with Crippen LogP contribution >= 0.6 is 11.8 Å². The Morgan fingerprint density at radius 2 is 2.11 bits per heavy atom. The zero-order valence-electron chi connectivity index (χ0n) is 10.3. The Morgan fingerprint density at radius 1 is 1.32 bits per heavy atom. The lowest BCUT2D eigenvalue weighted by atomic mass is 10.4. The monoisotopic (exact) mass is 281 g/mol. The summed E-state index contributed by atoms with van der Waals surface area (Å²) < 4.78 is 0. The molecule has 19 heavy (non-hydrogen) atoms. The number of aromatic nitrogens is 3. The Balaban J connectivity index is 1.39.